The van der Waals surface area contributed by atoms with Gasteiger partial charge in [0, 0.05) is 5.02 Å². The summed E-state index contributed by atoms with van der Waals surface area (Å²) in [6.45, 7) is 1.37. The highest BCUT2D eigenvalue weighted by Crippen LogP contribution is 2.31. The predicted molar refractivity (Wildman–Crippen MR) is 50.8 cm³/mol. The van der Waals surface area contributed by atoms with Crippen molar-refractivity contribution >= 4 is 33.3 Å². The van der Waals surface area contributed by atoms with Crippen molar-refractivity contribution in [2.75, 3.05) is 0 Å². The van der Waals surface area contributed by atoms with E-state index in [-0.39, 0.29) is 17.1 Å². The molecule has 0 spiro atoms. The quantitative estimate of drug-likeness (QED) is 0.777. The lowest BCUT2D eigenvalue weighted by molar-refractivity contribution is 0.101. The van der Waals surface area contributed by atoms with Gasteiger partial charge >= 0.3 is 0 Å². The number of halogens is 2. The van der Waals surface area contributed by atoms with Crippen LogP contribution in [0.15, 0.2) is 16.6 Å². The number of Topliss-reactive ketones (excluding diaryl/α,β-unsaturated/α-hetero) is 1. The Kier molecular flexibility index (Phi) is 2.75. The summed E-state index contributed by atoms with van der Waals surface area (Å²) in [5, 5.41) is 9.79. The summed E-state index contributed by atoms with van der Waals surface area (Å²) in [4.78, 5) is 10.9. The molecular formula is C8H6BrClO2. The van der Waals surface area contributed by atoms with Crippen LogP contribution < -0.4 is 0 Å². The van der Waals surface area contributed by atoms with Gasteiger partial charge in [-0.3, -0.25) is 4.79 Å². The lowest BCUT2D eigenvalue weighted by atomic mass is 10.1. The van der Waals surface area contributed by atoms with E-state index >= 15 is 0 Å². The van der Waals surface area contributed by atoms with Gasteiger partial charge in [-0.15, -0.1) is 0 Å². The van der Waals surface area contributed by atoms with Gasteiger partial charge < -0.3 is 5.11 Å². The van der Waals surface area contributed by atoms with Crippen molar-refractivity contribution in [2.24, 2.45) is 0 Å². The molecule has 1 rings (SSSR count). The summed E-state index contributed by atoms with van der Waals surface area (Å²) in [6.07, 6.45) is 0. The molecule has 0 saturated heterocycles. The molecule has 0 saturated carbocycles. The first-order chi connectivity index (χ1) is 5.52. The third-order valence-electron chi connectivity index (χ3n) is 1.41. The molecule has 0 aliphatic carbocycles. The number of benzene rings is 1. The first-order valence-electron chi connectivity index (χ1n) is 3.21. The van der Waals surface area contributed by atoms with Crippen molar-refractivity contribution in [3.63, 3.8) is 0 Å². The Labute approximate surface area is 83.3 Å². The smallest absolute Gasteiger partial charge is 0.163 e. The molecule has 1 aromatic carbocycles. The molecule has 0 fully saturated rings. The lowest BCUT2D eigenvalue weighted by Gasteiger charge is -2.02. The topological polar surface area (TPSA) is 37.3 Å². The highest BCUT2D eigenvalue weighted by molar-refractivity contribution is 9.10. The van der Waals surface area contributed by atoms with Crippen molar-refractivity contribution in [3.05, 3.63) is 27.2 Å². The van der Waals surface area contributed by atoms with Gasteiger partial charge in [-0.25, -0.2) is 0 Å². The van der Waals surface area contributed by atoms with E-state index in [0.29, 0.717) is 9.50 Å². The lowest BCUT2D eigenvalue weighted by Crippen LogP contribution is -1.92. The Morgan fingerprint density at radius 2 is 2.17 bits per heavy atom. The molecule has 64 valence electrons. The maximum Gasteiger partial charge on any atom is 0.163 e. The van der Waals surface area contributed by atoms with Crippen molar-refractivity contribution in [1.82, 2.24) is 0 Å². The summed E-state index contributed by atoms with van der Waals surface area (Å²) in [5.41, 5.74) is 0.231. The molecule has 0 aromatic heterocycles. The van der Waals surface area contributed by atoms with E-state index in [0.717, 1.165) is 0 Å². The van der Waals surface area contributed by atoms with Crippen molar-refractivity contribution in [3.8, 4) is 5.75 Å². The number of rotatable bonds is 1. The Hall–Kier alpha value is -0.540. The second kappa shape index (κ2) is 3.46. The van der Waals surface area contributed by atoms with Gasteiger partial charge in [-0.2, -0.15) is 0 Å². The van der Waals surface area contributed by atoms with Crippen LogP contribution in [0.5, 0.6) is 5.75 Å². The van der Waals surface area contributed by atoms with E-state index in [2.05, 4.69) is 15.9 Å². The van der Waals surface area contributed by atoms with Gasteiger partial charge in [-0.1, -0.05) is 11.6 Å². The Morgan fingerprint density at radius 1 is 1.58 bits per heavy atom. The average Bonchev–Trinajstić information content (AvgIpc) is 1.96. The fourth-order valence-electron chi connectivity index (χ4n) is 0.834. The molecule has 0 aliphatic heterocycles. The van der Waals surface area contributed by atoms with Crippen molar-refractivity contribution in [2.45, 2.75) is 6.92 Å². The Balaban J connectivity index is 3.37. The average molecular weight is 249 g/mol. The Bertz CT molecular complexity index is 336. The molecule has 0 atom stereocenters. The van der Waals surface area contributed by atoms with Crippen LogP contribution in [0.1, 0.15) is 17.3 Å². The van der Waals surface area contributed by atoms with Gasteiger partial charge in [0.2, 0.25) is 0 Å². The summed E-state index contributed by atoms with van der Waals surface area (Å²) in [6, 6.07) is 2.97. The zero-order valence-electron chi connectivity index (χ0n) is 6.27. The number of phenolic OH excluding ortho intramolecular Hbond substituents is 1. The monoisotopic (exact) mass is 248 g/mol. The van der Waals surface area contributed by atoms with Crippen LogP contribution >= 0.6 is 27.5 Å². The molecule has 1 aromatic rings. The third kappa shape index (κ3) is 1.79. The molecule has 2 nitrogen and oxygen atoms in total. The molecular weight excluding hydrogens is 243 g/mol. The maximum atomic E-state index is 10.9. The van der Waals surface area contributed by atoms with Crippen LogP contribution in [0.25, 0.3) is 0 Å². The van der Waals surface area contributed by atoms with E-state index in [1.54, 1.807) is 0 Å². The number of aromatic hydroxyl groups is 1. The first-order valence-corrected chi connectivity index (χ1v) is 4.38. The van der Waals surface area contributed by atoms with Crippen LogP contribution in [0.4, 0.5) is 0 Å². The second-order valence-electron chi connectivity index (χ2n) is 2.34. The van der Waals surface area contributed by atoms with E-state index < -0.39 is 0 Å². The van der Waals surface area contributed by atoms with E-state index in [1.165, 1.54) is 19.1 Å². The van der Waals surface area contributed by atoms with Gasteiger partial charge in [0.25, 0.3) is 0 Å². The number of phenols is 1. The molecule has 4 heteroatoms. The third-order valence-corrected chi connectivity index (χ3v) is 2.23. The van der Waals surface area contributed by atoms with Crippen LogP contribution in [0, 0.1) is 0 Å². The fourth-order valence-corrected chi connectivity index (χ4v) is 1.64. The summed E-state index contributed by atoms with van der Waals surface area (Å²) >= 11 is 8.75. The zero-order chi connectivity index (χ0) is 9.30. The van der Waals surface area contributed by atoms with Gasteiger partial charge in [-0.05, 0) is 35.0 Å². The standard InChI is InChI=1S/C8H6BrClO2/c1-4(11)6-2-5(10)3-7(9)8(6)12/h2-3,12H,1H3. The normalized spacial score (nSPS) is 9.92. The molecule has 0 aliphatic rings. The predicted octanol–water partition coefficient (Wildman–Crippen LogP) is 3.01. The molecule has 0 bridgehead atoms. The van der Waals surface area contributed by atoms with Crippen molar-refractivity contribution in [1.29, 1.82) is 0 Å². The van der Waals surface area contributed by atoms with Crippen LogP contribution in [0.3, 0.4) is 0 Å². The molecule has 0 heterocycles. The van der Waals surface area contributed by atoms with Gasteiger partial charge in [0.1, 0.15) is 5.75 Å². The minimum absolute atomic E-state index is 0.0631. The summed E-state index contributed by atoms with van der Waals surface area (Å²) < 4.78 is 0.431. The minimum atomic E-state index is -0.212. The highest BCUT2D eigenvalue weighted by atomic mass is 79.9. The van der Waals surface area contributed by atoms with Crippen LogP contribution in [-0.4, -0.2) is 10.9 Å². The number of carbonyl (C=O) groups is 1. The zero-order valence-corrected chi connectivity index (χ0v) is 8.61. The molecule has 0 amide bonds. The highest BCUT2D eigenvalue weighted by Gasteiger charge is 2.10. The molecule has 0 radical (unpaired) electrons. The summed E-state index contributed by atoms with van der Waals surface area (Å²) in [7, 11) is 0. The second-order valence-corrected chi connectivity index (χ2v) is 3.63. The van der Waals surface area contributed by atoms with Crippen LogP contribution in [-0.2, 0) is 0 Å². The number of ketones is 1. The van der Waals surface area contributed by atoms with E-state index in [4.69, 9.17) is 11.6 Å². The number of carbonyl (C=O) groups excluding carboxylic acids is 1. The Morgan fingerprint density at radius 3 is 2.67 bits per heavy atom. The maximum absolute atomic E-state index is 10.9. The molecule has 1 N–H and O–H groups in total. The minimum Gasteiger partial charge on any atom is -0.506 e. The fraction of sp³-hybridized carbons (Fsp3) is 0.125. The van der Waals surface area contributed by atoms with Gasteiger partial charge in [0.05, 0.1) is 10.0 Å². The number of hydrogen-bond donors (Lipinski definition) is 1. The summed E-state index contributed by atoms with van der Waals surface area (Å²) in [5.74, 6) is -0.275. The SMILES string of the molecule is CC(=O)c1cc(Cl)cc(Br)c1O. The first kappa shape index (κ1) is 9.55. The van der Waals surface area contributed by atoms with E-state index in [1.807, 2.05) is 0 Å². The van der Waals surface area contributed by atoms with Crippen molar-refractivity contribution < 1.29 is 9.90 Å². The molecule has 0 unspecified atom stereocenters. The molecule has 12 heavy (non-hydrogen) atoms. The number of hydrogen-bond acceptors (Lipinski definition) is 2. The van der Waals surface area contributed by atoms with Crippen LogP contribution in [0.2, 0.25) is 5.02 Å². The largest absolute Gasteiger partial charge is 0.506 e. The van der Waals surface area contributed by atoms with Gasteiger partial charge in [0.15, 0.2) is 5.78 Å². The van der Waals surface area contributed by atoms with E-state index in [9.17, 15) is 9.90 Å².